The Bertz CT molecular complexity index is 1690. The Hall–Kier alpha value is -2.58. The third-order valence-corrected chi connectivity index (χ3v) is 9.90. The van der Waals surface area contributed by atoms with Crippen molar-refractivity contribution in [1.29, 1.82) is 0 Å². The molecule has 0 spiro atoms. The van der Waals surface area contributed by atoms with Crippen molar-refractivity contribution in [3.63, 3.8) is 0 Å². The van der Waals surface area contributed by atoms with Gasteiger partial charge in [-0.25, -0.2) is 16.8 Å². The van der Waals surface area contributed by atoms with Gasteiger partial charge in [-0.1, -0.05) is 21.2 Å². The third kappa shape index (κ3) is 4.93. The van der Waals surface area contributed by atoms with E-state index in [9.17, 15) is 43.3 Å². The van der Waals surface area contributed by atoms with Crippen molar-refractivity contribution in [1.82, 2.24) is 8.25 Å². The van der Waals surface area contributed by atoms with Crippen molar-refractivity contribution < 1.29 is 52.4 Å². The van der Waals surface area contributed by atoms with Gasteiger partial charge in [0.25, 0.3) is 20.0 Å². The highest BCUT2D eigenvalue weighted by molar-refractivity contribution is 8.02. The van der Waals surface area contributed by atoms with E-state index in [1.54, 1.807) is 0 Å². The molecule has 0 saturated carbocycles. The van der Waals surface area contributed by atoms with E-state index in [1.165, 1.54) is 13.0 Å². The number of aryl methyl sites for hydroxylation is 1. The molecule has 0 atom stereocenters. The fourth-order valence-electron chi connectivity index (χ4n) is 3.35. The van der Waals surface area contributed by atoms with Gasteiger partial charge in [-0.3, -0.25) is 18.7 Å². The minimum absolute atomic E-state index is 0.0595. The first-order chi connectivity index (χ1) is 15.4. The molecular weight excluding hydrogens is 540 g/mol. The van der Waals surface area contributed by atoms with Crippen LogP contribution in [0, 0.1) is 0 Å². The van der Waals surface area contributed by atoms with Gasteiger partial charge in [-0.15, -0.1) is 0 Å². The van der Waals surface area contributed by atoms with Crippen LogP contribution in [0.1, 0.15) is 44.3 Å². The highest BCUT2D eigenvalue weighted by Gasteiger charge is 2.38. The average molecular weight is 555 g/mol. The quantitative estimate of drug-likeness (QED) is 0.262. The lowest BCUT2D eigenvalue weighted by Gasteiger charge is -2.22. The molecule has 0 unspecified atom stereocenters. The van der Waals surface area contributed by atoms with Gasteiger partial charge in [0.1, 0.15) is 0 Å². The second-order valence-electron chi connectivity index (χ2n) is 6.82. The molecule has 0 saturated heterocycles. The van der Waals surface area contributed by atoms with Crippen LogP contribution in [0.15, 0.2) is 40.1 Å². The predicted octanol–water partition coefficient (Wildman–Crippen LogP) is -0.813. The average Bonchev–Trinajstić information content (AvgIpc) is 2.67. The Morgan fingerprint density at radius 3 is 1.76 bits per heavy atom. The standard InChI is InChI=1S/C16H14N2O12S4/c1-2-8-3-5-11-13(16(8)32(23,24)18-34(28,29)30)15(20)12-7-9(4-6-10(12)14(11)19)31(21,22)17-33(25,26)27/h3-7,17-18H,2H2,1H3,(H,25,26,27)(H,28,29,30). The third-order valence-electron chi connectivity index (χ3n) is 4.58. The van der Waals surface area contributed by atoms with Gasteiger partial charge in [0.2, 0.25) is 0 Å². The monoisotopic (exact) mass is 554 g/mol. The first kappa shape index (κ1) is 26.0. The summed E-state index contributed by atoms with van der Waals surface area (Å²) < 4.78 is 114. The molecule has 184 valence electrons. The predicted molar refractivity (Wildman–Crippen MR) is 113 cm³/mol. The summed E-state index contributed by atoms with van der Waals surface area (Å²) >= 11 is 0. The number of sulfonamides is 2. The van der Waals surface area contributed by atoms with Crippen LogP contribution in [0.4, 0.5) is 0 Å². The zero-order valence-electron chi connectivity index (χ0n) is 16.7. The molecule has 14 nitrogen and oxygen atoms in total. The minimum atomic E-state index is -5.32. The van der Waals surface area contributed by atoms with Crippen LogP contribution in [-0.2, 0) is 47.1 Å². The van der Waals surface area contributed by atoms with Crippen LogP contribution in [0.25, 0.3) is 0 Å². The first-order valence-electron chi connectivity index (χ1n) is 8.79. The van der Waals surface area contributed by atoms with Gasteiger partial charge in [-0.2, -0.15) is 16.8 Å². The maximum absolute atomic E-state index is 13.3. The van der Waals surface area contributed by atoms with Crippen molar-refractivity contribution in [2.24, 2.45) is 0 Å². The molecule has 0 amide bonds. The topological polar surface area (TPSA) is 235 Å². The lowest BCUT2D eigenvalue weighted by atomic mass is 9.83. The molecule has 18 heteroatoms. The number of benzene rings is 2. The fraction of sp³-hybridized carbons (Fsp3) is 0.125. The van der Waals surface area contributed by atoms with E-state index in [-0.39, 0.29) is 17.5 Å². The summed E-state index contributed by atoms with van der Waals surface area (Å²) in [7, 11) is -20.6. The van der Waals surface area contributed by atoms with Crippen molar-refractivity contribution >= 4 is 52.2 Å². The Labute approximate surface area is 193 Å². The van der Waals surface area contributed by atoms with Gasteiger partial charge in [0.05, 0.1) is 15.4 Å². The molecule has 2 aromatic rings. The molecule has 0 heterocycles. The molecule has 0 fully saturated rings. The molecular formula is C16H14N2O12S4. The molecule has 3 rings (SSSR count). The lowest BCUT2D eigenvalue weighted by molar-refractivity contribution is 0.0976. The summed E-state index contributed by atoms with van der Waals surface area (Å²) in [6.07, 6.45) is -0.0595. The fourth-order valence-corrected chi connectivity index (χ4v) is 7.83. The van der Waals surface area contributed by atoms with Crippen LogP contribution in [-0.4, -0.2) is 54.3 Å². The number of hydrogen-bond acceptors (Lipinski definition) is 10. The van der Waals surface area contributed by atoms with Gasteiger partial charge in [0, 0.05) is 16.7 Å². The number of rotatable bonds is 7. The number of carbonyl (C=O) groups excluding carboxylic acids is 2. The highest BCUT2D eigenvalue weighted by Crippen LogP contribution is 2.35. The molecule has 1 aliphatic rings. The largest absolute Gasteiger partial charge is 0.346 e. The van der Waals surface area contributed by atoms with E-state index >= 15 is 0 Å². The van der Waals surface area contributed by atoms with Crippen LogP contribution in [0.5, 0.6) is 0 Å². The highest BCUT2D eigenvalue weighted by atomic mass is 32.3. The first-order valence-corrected chi connectivity index (χ1v) is 14.6. The van der Waals surface area contributed by atoms with Crippen LogP contribution >= 0.6 is 0 Å². The van der Waals surface area contributed by atoms with Crippen molar-refractivity contribution in [2.45, 2.75) is 23.1 Å². The van der Waals surface area contributed by atoms with Gasteiger partial charge >= 0.3 is 20.6 Å². The second kappa shape index (κ2) is 8.27. The summed E-state index contributed by atoms with van der Waals surface area (Å²) in [6, 6.07) is 4.56. The Kier molecular flexibility index (Phi) is 6.33. The van der Waals surface area contributed by atoms with E-state index in [1.807, 2.05) is 0 Å². The van der Waals surface area contributed by atoms with E-state index in [4.69, 9.17) is 9.11 Å². The van der Waals surface area contributed by atoms with E-state index < -0.39 is 78.7 Å². The number of nitrogens with one attached hydrogen (secondary N) is 2. The van der Waals surface area contributed by atoms with Gasteiger partial charge < -0.3 is 0 Å². The molecule has 4 N–H and O–H groups in total. The number of carbonyl (C=O) groups is 2. The van der Waals surface area contributed by atoms with E-state index in [0.29, 0.717) is 6.07 Å². The van der Waals surface area contributed by atoms with Crippen molar-refractivity contribution in [2.75, 3.05) is 0 Å². The summed E-state index contributed by atoms with van der Waals surface area (Å²) in [5, 5.41) is 0. The lowest BCUT2D eigenvalue weighted by Crippen LogP contribution is -2.34. The van der Waals surface area contributed by atoms with Gasteiger partial charge in [-0.05, 0) is 36.2 Å². The molecule has 34 heavy (non-hydrogen) atoms. The van der Waals surface area contributed by atoms with E-state index in [2.05, 4.69) is 0 Å². The molecule has 0 radical (unpaired) electrons. The van der Waals surface area contributed by atoms with Crippen molar-refractivity contribution in [3.05, 3.63) is 58.1 Å². The molecule has 1 aliphatic carbocycles. The molecule has 2 aromatic carbocycles. The van der Waals surface area contributed by atoms with Gasteiger partial charge in [0.15, 0.2) is 11.6 Å². The number of hydrogen-bond donors (Lipinski definition) is 4. The molecule has 0 aliphatic heterocycles. The van der Waals surface area contributed by atoms with Crippen molar-refractivity contribution in [3.8, 4) is 0 Å². The summed E-state index contributed by atoms with van der Waals surface area (Å²) in [5.74, 6) is -2.11. The smallest absolute Gasteiger partial charge is 0.289 e. The SMILES string of the molecule is CCc1ccc2c(c1S(=O)(=O)NS(=O)(=O)O)C(=O)c1cc(S(=O)(=O)NS(=O)(=O)O)ccc1C2=O. The maximum Gasteiger partial charge on any atom is 0.346 e. The van der Waals surface area contributed by atoms with Crippen LogP contribution in [0.3, 0.4) is 0 Å². The Morgan fingerprint density at radius 2 is 1.24 bits per heavy atom. The summed E-state index contributed by atoms with van der Waals surface area (Å²) in [4.78, 5) is 24.5. The zero-order chi connectivity index (χ0) is 25.9. The second-order valence-corrected chi connectivity index (χ2v) is 12.9. The van der Waals surface area contributed by atoms with E-state index in [0.717, 1.165) is 26.5 Å². The Balaban J connectivity index is 2.32. The minimum Gasteiger partial charge on any atom is -0.289 e. The maximum atomic E-state index is 13.3. The van der Waals surface area contributed by atoms with Crippen LogP contribution in [0.2, 0.25) is 0 Å². The summed E-state index contributed by atoms with van der Waals surface area (Å²) in [6.45, 7) is 1.46. The normalized spacial score (nSPS) is 14.6. The number of ketones is 2. The van der Waals surface area contributed by atoms with Crippen LogP contribution < -0.4 is 8.25 Å². The zero-order valence-corrected chi connectivity index (χ0v) is 20.0. The molecule has 0 aromatic heterocycles. The Morgan fingerprint density at radius 1 is 0.706 bits per heavy atom. The summed E-state index contributed by atoms with van der Waals surface area (Å²) in [5.41, 5.74) is -2.29. The number of fused-ring (bicyclic) bond motifs is 2. The molecule has 0 bridgehead atoms.